The number of fused-ring (bicyclic) bond motifs is 1. The standard InChI is InChI=1S/C25H29ClFN5O/c1-15(31-28)25-20-5-3-18(17-8-11-32(12-9-17)16(2)33)13-21(20)23(7-10-29-25)30-24-14-19(26)4-6-22(24)27/h3-6,8,13-14,23,29-31H,7,9-12,28H2,1-2H3/b25-15-. The van der Waals surface area contributed by atoms with Crippen molar-refractivity contribution in [3.8, 4) is 0 Å². The van der Waals surface area contributed by atoms with Gasteiger partial charge in [-0.2, -0.15) is 0 Å². The Hall–Kier alpha value is -3.03. The maximum atomic E-state index is 14.5. The second kappa shape index (κ2) is 9.85. The van der Waals surface area contributed by atoms with Gasteiger partial charge >= 0.3 is 0 Å². The Morgan fingerprint density at radius 3 is 2.76 bits per heavy atom. The summed E-state index contributed by atoms with van der Waals surface area (Å²) in [6.07, 6.45) is 3.65. The van der Waals surface area contributed by atoms with Crippen molar-refractivity contribution < 1.29 is 9.18 Å². The average Bonchev–Trinajstić information content (AvgIpc) is 3.00. The van der Waals surface area contributed by atoms with Crippen molar-refractivity contribution in [1.29, 1.82) is 0 Å². The molecule has 4 rings (SSSR count). The van der Waals surface area contributed by atoms with Crippen LogP contribution in [-0.2, 0) is 4.79 Å². The molecule has 0 radical (unpaired) electrons. The van der Waals surface area contributed by atoms with Gasteiger partial charge in [-0.1, -0.05) is 29.8 Å². The van der Waals surface area contributed by atoms with E-state index in [-0.39, 0.29) is 17.8 Å². The van der Waals surface area contributed by atoms with E-state index in [1.54, 1.807) is 19.1 Å². The molecule has 2 aliphatic rings. The van der Waals surface area contributed by atoms with Crippen molar-refractivity contribution in [3.63, 3.8) is 0 Å². The number of amides is 1. The number of hydrazine groups is 1. The highest BCUT2D eigenvalue weighted by Crippen LogP contribution is 2.36. The lowest BCUT2D eigenvalue weighted by Crippen LogP contribution is -2.32. The lowest BCUT2D eigenvalue weighted by Gasteiger charge is -2.27. The van der Waals surface area contributed by atoms with Crippen LogP contribution >= 0.6 is 11.6 Å². The van der Waals surface area contributed by atoms with E-state index in [1.807, 2.05) is 11.8 Å². The molecule has 5 N–H and O–H groups in total. The summed E-state index contributed by atoms with van der Waals surface area (Å²) in [5.74, 6) is 5.47. The molecule has 0 fully saturated rings. The molecule has 1 unspecified atom stereocenters. The largest absolute Gasteiger partial charge is 0.383 e. The Morgan fingerprint density at radius 1 is 1.24 bits per heavy atom. The number of hydrogen-bond donors (Lipinski definition) is 4. The minimum absolute atomic E-state index is 0.0886. The predicted octanol–water partition coefficient (Wildman–Crippen LogP) is 4.41. The number of rotatable bonds is 4. The van der Waals surface area contributed by atoms with Gasteiger partial charge in [-0.3, -0.25) is 10.6 Å². The fourth-order valence-corrected chi connectivity index (χ4v) is 4.61. The van der Waals surface area contributed by atoms with E-state index in [0.29, 0.717) is 30.3 Å². The number of allylic oxidation sites excluding steroid dienone is 1. The van der Waals surface area contributed by atoms with E-state index in [0.717, 1.165) is 40.9 Å². The number of benzene rings is 2. The highest BCUT2D eigenvalue weighted by atomic mass is 35.5. The third-order valence-electron chi connectivity index (χ3n) is 6.31. The van der Waals surface area contributed by atoms with Gasteiger partial charge in [0.15, 0.2) is 0 Å². The zero-order valence-electron chi connectivity index (χ0n) is 18.8. The van der Waals surface area contributed by atoms with Gasteiger partial charge < -0.3 is 21.0 Å². The Morgan fingerprint density at radius 2 is 2.06 bits per heavy atom. The number of hydrogen-bond acceptors (Lipinski definition) is 5. The van der Waals surface area contributed by atoms with E-state index >= 15 is 0 Å². The highest BCUT2D eigenvalue weighted by Gasteiger charge is 2.25. The van der Waals surface area contributed by atoms with Gasteiger partial charge in [-0.05, 0) is 60.7 Å². The van der Waals surface area contributed by atoms with Gasteiger partial charge in [0.2, 0.25) is 5.91 Å². The van der Waals surface area contributed by atoms with Crippen LogP contribution < -0.4 is 21.9 Å². The molecule has 174 valence electrons. The SMILES string of the molecule is CC(=O)N1CC=C(c2ccc3c(c2)C(Nc2cc(Cl)ccc2F)CCN/C3=C(/C)NN)CC1. The molecular weight excluding hydrogens is 441 g/mol. The first kappa shape index (κ1) is 23.1. The normalized spacial score (nSPS) is 19.6. The number of carbonyl (C=O) groups is 1. The van der Waals surface area contributed by atoms with Crippen molar-refractivity contribution in [3.05, 3.63) is 75.7 Å². The number of carbonyl (C=O) groups excluding carboxylic acids is 1. The molecule has 33 heavy (non-hydrogen) atoms. The summed E-state index contributed by atoms with van der Waals surface area (Å²) in [6.45, 7) is 5.52. The Bertz CT molecular complexity index is 1130. The van der Waals surface area contributed by atoms with Crippen LogP contribution in [0.4, 0.5) is 10.1 Å². The smallest absolute Gasteiger partial charge is 0.219 e. The number of halogens is 2. The minimum Gasteiger partial charge on any atom is -0.383 e. The molecule has 0 spiro atoms. The van der Waals surface area contributed by atoms with E-state index in [9.17, 15) is 9.18 Å². The first-order chi connectivity index (χ1) is 15.9. The molecule has 0 aromatic heterocycles. The molecule has 1 amide bonds. The van der Waals surface area contributed by atoms with E-state index in [1.165, 1.54) is 11.6 Å². The maximum absolute atomic E-state index is 14.5. The van der Waals surface area contributed by atoms with Crippen LogP contribution in [0.2, 0.25) is 5.02 Å². The fourth-order valence-electron chi connectivity index (χ4n) is 4.44. The third-order valence-corrected chi connectivity index (χ3v) is 6.54. The zero-order valence-corrected chi connectivity index (χ0v) is 19.6. The molecule has 2 aromatic carbocycles. The Labute approximate surface area is 198 Å². The molecule has 2 aliphatic heterocycles. The van der Waals surface area contributed by atoms with E-state index in [2.05, 4.69) is 40.3 Å². The van der Waals surface area contributed by atoms with Crippen molar-refractivity contribution in [2.75, 3.05) is 25.0 Å². The molecule has 0 aliphatic carbocycles. The molecule has 0 saturated carbocycles. The minimum atomic E-state index is -0.343. The second-order valence-electron chi connectivity index (χ2n) is 8.43. The topological polar surface area (TPSA) is 82.4 Å². The Kier molecular flexibility index (Phi) is 6.91. The zero-order chi connectivity index (χ0) is 23.5. The number of nitrogens with one attached hydrogen (secondary N) is 3. The van der Waals surface area contributed by atoms with Crippen LogP contribution in [0.3, 0.4) is 0 Å². The Balaban J connectivity index is 1.76. The third kappa shape index (κ3) is 4.99. The van der Waals surface area contributed by atoms with Gasteiger partial charge in [-0.15, -0.1) is 0 Å². The predicted molar refractivity (Wildman–Crippen MR) is 132 cm³/mol. The molecule has 2 heterocycles. The molecule has 1 atom stereocenters. The summed E-state index contributed by atoms with van der Waals surface area (Å²) >= 11 is 6.13. The summed E-state index contributed by atoms with van der Waals surface area (Å²) < 4.78 is 14.5. The molecule has 0 saturated heterocycles. The second-order valence-corrected chi connectivity index (χ2v) is 8.86. The molecule has 2 aromatic rings. The van der Waals surface area contributed by atoms with Crippen LogP contribution in [-0.4, -0.2) is 30.4 Å². The summed E-state index contributed by atoms with van der Waals surface area (Å²) in [7, 11) is 0. The van der Waals surface area contributed by atoms with Crippen molar-refractivity contribution >= 4 is 34.5 Å². The van der Waals surface area contributed by atoms with Gasteiger partial charge in [0, 0.05) is 42.8 Å². The van der Waals surface area contributed by atoms with E-state index in [4.69, 9.17) is 17.4 Å². The summed E-state index contributed by atoms with van der Waals surface area (Å²) in [6, 6.07) is 10.7. The van der Waals surface area contributed by atoms with Crippen LogP contribution in [0.25, 0.3) is 11.3 Å². The molecule has 8 heteroatoms. The molecule has 6 nitrogen and oxygen atoms in total. The maximum Gasteiger partial charge on any atom is 0.219 e. The number of nitrogens with zero attached hydrogens (tertiary/aromatic N) is 1. The quantitative estimate of drug-likeness (QED) is 0.394. The van der Waals surface area contributed by atoms with Gasteiger partial charge in [0.05, 0.1) is 17.4 Å². The molecular formula is C25H29ClFN5O. The highest BCUT2D eigenvalue weighted by molar-refractivity contribution is 6.30. The lowest BCUT2D eigenvalue weighted by atomic mass is 9.90. The number of anilines is 1. The summed E-state index contributed by atoms with van der Waals surface area (Å²) in [5, 5.41) is 7.31. The average molecular weight is 470 g/mol. The fraction of sp³-hybridized carbons (Fsp3) is 0.320. The van der Waals surface area contributed by atoms with Crippen LogP contribution in [0.1, 0.15) is 49.4 Å². The first-order valence-electron chi connectivity index (χ1n) is 11.1. The summed E-state index contributed by atoms with van der Waals surface area (Å²) in [4.78, 5) is 13.5. The van der Waals surface area contributed by atoms with Crippen LogP contribution in [0, 0.1) is 5.82 Å². The van der Waals surface area contributed by atoms with Crippen LogP contribution in [0.5, 0.6) is 0 Å². The van der Waals surface area contributed by atoms with E-state index < -0.39 is 0 Å². The van der Waals surface area contributed by atoms with Crippen molar-refractivity contribution in [2.24, 2.45) is 5.84 Å². The van der Waals surface area contributed by atoms with Gasteiger partial charge in [0.1, 0.15) is 5.82 Å². The summed E-state index contributed by atoms with van der Waals surface area (Å²) in [5.41, 5.74) is 9.25. The first-order valence-corrected chi connectivity index (χ1v) is 11.5. The van der Waals surface area contributed by atoms with Crippen LogP contribution in [0.15, 0.2) is 48.2 Å². The lowest BCUT2D eigenvalue weighted by molar-refractivity contribution is -0.128. The van der Waals surface area contributed by atoms with Gasteiger partial charge in [-0.25, -0.2) is 4.39 Å². The number of nitrogens with two attached hydrogens (primary N) is 1. The van der Waals surface area contributed by atoms with Crippen molar-refractivity contribution in [1.82, 2.24) is 15.6 Å². The van der Waals surface area contributed by atoms with Gasteiger partial charge in [0.25, 0.3) is 0 Å². The van der Waals surface area contributed by atoms with Crippen molar-refractivity contribution in [2.45, 2.75) is 32.7 Å². The monoisotopic (exact) mass is 469 g/mol. The molecule has 0 bridgehead atoms.